The standard InChI is InChI=1S/C18H21N3O5/c1-11(2)15-9-19-16(12(3)4)17(20-15)26-18(22)25-10-13-5-7-14(8-6-13)21(23)24/h5-9,11-12H,10H2,1-4H3. The summed E-state index contributed by atoms with van der Waals surface area (Å²) in [6, 6.07) is 5.73. The molecule has 0 amide bonds. The van der Waals surface area contributed by atoms with E-state index in [4.69, 9.17) is 9.47 Å². The second kappa shape index (κ2) is 8.37. The molecule has 2 aromatic rings. The second-order valence-electron chi connectivity index (χ2n) is 6.36. The Kier molecular flexibility index (Phi) is 6.21. The SMILES string of the molecule is CC(C)c1cnc(C(C)C)c(OC(=O)OCc2ccc([N+](=O)[O-])cc2)n1. The van der Waals surface area contributed by atoms with Crippen LogP contribution >= 0.6 is 0 Å². The van der Waals surface area contributed by atoms with Gasteiger partial charge in [0.25, 0.3) is 5.69 Å². The molecule has 138 valence electrons. The van der Waals surface area contributed by atoms with Crippen molar-refractivity contribution in [3.8, 4) is 5.88 Å². The van der Waals surface area contributed by atoms with E-state index in [0.717, 1.165) is 0 Å². The predicted molar refractivity (Wildman–Crippen MR) is 94.1 cm³/mol. The zero-order valence-electron chi connectivity index (χ0n) is 15.1. The number of rotatable bonds is 6. The number of ether oxygens (including phenoxy) is 2. The van der Waals surface area contributed by atoms with Crippen LogP contribution in [0.15, 0.2) is 30.5 Å². The van der Waals surface area contributed by atoms with Crippen LogP contribution in [0.25, 0.3) is 0 Å². The Bertz CT molecular complexity index is 788. The van der Waals surface area contributed by atoms with E-state index in [9.17, 15) is 14.9 Å². The van der Waals surface area contributed by atoms with Gasteiger partial charge in [0.2, 0.25) is 5.88 Å². The maximum atomic E-state index is 12.0. The Labute approximate surface area is 151 Å². The van der Waals surface area contributed by atoms with Crippen molar-refractivity contribution in [3.63, 3.8) is 0 Å². The molecule has 0 unspecified atom stereocenters. The van der Waals surface area contributed by atoms with Gasteiger partial charge in [0, 0.05) is 24.2 Å². The van der Waals surface area contributed by atoms with Gasteiger partial charge in [-0.15, -0.1) is 0 Å². The third kappa shape index (κ3) is 4.98. The lowest BCUT2D eigenvalue weighted by atomic mass is 10.1. The molecule has 0 fully saturated rings. The van der Waals surface area contributed by atoms with Crippen molar-refractivity contribution >= 4 is 11.8 Å². The van der Waals surface area contributed by atoms with Crippen LogP contribution in [0.1, 0.15) is 56.5 Å². The van der Waals surface area contributed by atoms with Crippen molar-refractivity contribution in [2.45, 2.75) is 46.1 Å². The first kappa shape index (κ1) is 19.3. The Balaban J connectivity index is 2.04. The monoisotopic (exact) mass is 359 g/mol. The molecule has 0 saturated heterocycles. The van der Waals surface area contributed by atoms with Crippen LogP contribution in [0.5, 0.6) is 5.88 Å². The van der Waals surface area contributed by atoms with Gasteiger partial charge in [-0.1, -0.05) is 27.7 Å². The van der Waals surface area contributed by atoms with E-state index in [1.807, 2.05) is 27.7 Å². The Morgan fingerprint density at radius 2 is 1.81 bits per heavy atom. The van der Waals surface area contributed by atoms with Crippen LogP contribution in [0.2, 0.25) is 0 Å². The molecule has 8 heteroatoms. The second-order valence-corrected chi connectivity index (χ2v) is 6.36. The molecule has 0 aliphatic carbocycles. The number of hydrogen-bond acceptors (Lipinski definition) is 7. The van der Waals surface area contributed by atoms with E-state index in [1.54, 1.807) is 6.20 Å². The number of benzene rings is 1. The number of non-ortho nitro benzene ring substituents is 1. The van der Waals surface area contributed by atoms with Crippen molar-refractivity contribution < 1.29 is 19.2 Å². The average Bonchev–Trinajstić information content (AvgIpc) is 2.60. The molecular weight excluding hydrogens is 338 g/mol. The maximum Gasteiger partial charge on any atom is 0.515 e. The molecule has 0 saturated carbocycles. The molecule has 0 bridgehead atoms. The fourth-order valence-electron chi connectivity index (χ4n) is 2.11. The molecule has 1 heterocycles. The number of carbonyl (C=O) groups excluding carboxylic acids is 1. The molecule has 1 aromatic carbocycles. The van der Waals surface area contributed by atoms with Crippen LogP contribution in [0.4, 0.5) is 10.5 Å². The molecule has 1 aromatic heterocycles. The highest BCUT2D eigenvalue weighted by Crippen LogP contribution is 2.25. The summed E-state index contributed by atoms with van der Waals surface area (Å²) in [5.74, 6) is 0.309. The predicted octanol–water partition coefficient (Wildman–Crippen LogP) is 4.35. The molecule has 26 heavy (non-hydrogen) atoms. The van der Waals surface area contributed by atoms with Crippen molar-refractivity contribution in [3.05, 3.63) is 57.5 Å². The number of nitro benzene ring substituents is 1. The van der Waals surface area contributed by atoms with Crippen LogP contribution in [0, 0.1) is 10.1 Å². The van der Waals surface area contributed by atoms with Crippen LogP contribution < -0.4 is 4.74 Å². The maximum absolute atomic E-state index is 12.0. The van der Waals surface area contributed by atoms with Crippen LogP contribution in [-0.4, -0.2) is 21.0 Å². The van der Waals surface area contributed by atoms with Crippen molar-refractivity contribution in [2.75, 3.05) is 0 Å². The number of nitro groups is 1. The van der Waals surface area contributed by atoms with Gasteiger partial charge in [-0.25, -0.2) is 9.78 Å². The molecule has 0 aliphatic heterocycles. The lowest BCUT2D eigenvalue weighted by molar-refractivity contribution is -0.384. The fraction of sp³-hybridized carbons (Fsp3) is 0.389. The van der Waals surface area contributed by atoms with Gasteiger partial charge in [-0.05, 0) is 23.6 Å². The highest BCUT2D eigenvalue weighted by atomic mass is 16.7. The van der Waals surface area contributed by atoms with E-state index in [2.05, 4.69) is 9.97 Å². The van der Waals surface area contributed by atoms with E-state index in [0.29, 0.717) is 17.0 Å². The zero-order chi connectivity index (χ0) is 19.3. The Morgan fingerprint density at radius 1 is 1.15 bits per heavy atom. The van der Waals surface area contributed by atoms with Crippen LogP contribution in [0.3, 0.4) is 0 Å². The van der Waals surface area contributed by atoms with Gasteiger partial charge in [0.15, 0.2) is 0 Å². The summed E-state index contributed by atoms with van der Waals surface area (Å²) in [7, 11) is 0. The van der Waals surface area contributed by atoms with Crippen molar-refractivity contribution in [2.24, 2.45) is 0 Å². The molecule has 0 spiro atoms. The van der Waals surface area contributed by atoms with Gasteiger partial charge in [0.1, 0.15) is 12.3 Å². The molecule has 0 aliphatic rings. The highest BCUT2D eigenvalue weighted by molar-refractivity contribution is 5.63. The minimum Gasteiger partial charge on any atom is -0.429 e. The van der Waals surface area contributed by atoms with E-state index < -0.39 is 11.1 Å². The van der Waals surface area contributed by atoms with Crippen LogP contribution in [-0.2, 0) is 11.3 Å². The molecule has 0 radical (unpaired) electrons. The summed E-state index contributed by atoms with van der Waals surface area (Å²) in [4.78, 5) is 30.8. The summed E-state index contributed by atoms with van der Waals surface area (Å²) in [5, 5.41) is 10.6. The average molecular weight is 359 g/mol. The highest BCUT2D eigenvalue weighted by Gasteiger charge is 2.18. The summed E-state index contributed by atoms with van der Waals surface area (Å²) < 4.78 is 10.3. The molecule has 2 rings (SSSR count). The fourth-order valence-corrected chi connectivity index (χ4v) is 2.11. The summed E-state index contributed by atoms with van der Waals surface area (Å²) in [6.07, 6.45) is 0.773. The molecule has 0 N–H and O–H groups in total. The van der Waals surface area contributed by atoms with E-state index in [1.165, 1.54) is 24.3 Å². The first-order chi connectivity index (χ1) is 12.3. The molecule has 8 nitrogen and oxygen atoms in total. The molecular formula is C18H21N3O5. The van der Waals surface area contributed by atoms with Crippen molar-refractivity contribution in [1.82, 2.24) is 9.97 Å². The van der Waals surface area contributed by atoms with Gasteiger partial charge in [-0.2, -0.15) is 0 Å². The largest absolute Gasteiger partial charge is 0.515 e. The van der Waals surface area contributed by atoms with E-state index in [-0.39, 0.29) is 30.0 Å². The number of hydrogen-bond donors (Lipinski definition) is 0. The summed E-state index contributed by atoms with van der Waals surface area (Å²) >= 11 is 0. The third-order valence-corrected chi connectivity index (χ3v) is 3.61. The lowest BCUT2D eigenvalue weighted by Crippen LogP contribution is -2.15. The first-order valence-electron chi connectivity index (χ1n) is 8.22. The number of nitrogens with zero attached hydrogens (tertiary/aromatic N) is 3. The lowest BCUT2D eigenvalue weighted by Gasteiger charge is -2.13. The van der Waals surface area contributed by atoms with Gasteiger partial charge in [-0.3, -0.25) is 15.1 Å². The first-order valence-corrected chi connectivity index (χ1v) is 8.22. The smallest absolute Gasteiger partial charge is 0.429 e. The quantitative estimate of drug-likeness (QED) is 0.429. The zero-order valence-corrected chi connectivity index (χ0v) is 15.1. The minimum absolute atomic E-state index is 0.0289. The topological polar surface area (TPSA) is 104 Å². The summed E-state index contributed by atoms with van der Waals surface area (Å²) in [5.41, 5.74) is 1.87. The van der Waals surface area contributed by atoms with Crippen molar-refractivity contribution in [1.29, 1.82) is 0 Å². The number of carbonyl (C=O) groups is 1. The normalized spacial score (nSPS) is 10.8. The van der Waals surface area contributed by atoms with E-state index >= 15 is 0 Å². The van der Waals surface area contributed by atoms with Gasteiger partial charge in [0.05, 0.1) is 10.6 Å². The van der Waals surface area contributed by atoms with Gasteiger partial charge < -0.3 is 9.47 Å². The summed E-state index contributed by atoms with van der Waals surface area (Å²) in [6.45, 7) is 7.72. The van der Waals surface area contributed by atoms with Gasteiger partial charge >= 0.3 is 6.16 Å². The Hall–Kier alpha value is -3.03. The number of aromatic nitrogens is 2. The third-order valence-electron chi connectivity index (χ3n) is 3.61. The Morgan fingerprint density at radius 3 is 2.35 bits per heavy atom. The minimum atomic E-state index is -0.902. The molecule has 0 atom stereocenters.